The molecule has 0 spiro atoms. The van der Waals surface area contributed by atoms with E-state index >= 15 is 0 Å². The lowest BCUT2D eigenvalue weighted by atomic mass is 9.98. The van der Waals surface area contributed by atoms with Crippen molar-refractivity contribution in [1.82, 2.24) is 15.8 Å². The van der Waals surface area contributed by atoms with Crippen LogP contribution in [0.3, 0.4) is 0 Å². The number of aryl methyl sites for hydroxylation is 2. The van der Waals surface area contributed by atoms with Gasteiger partial charge in [-0.2, -0.15) is 13.2 Å². The Balaban J connectivity index is 1.80. The number of benzene rings is 2. The smallest absolute Gasteiger partial charge is 0.390 e. The Kier molecular flexibility index (Phi) is 7.17. The lowest BCUT2D eigenvalue weighted by Crippen LogP contribution is -2.31. The Morgan fingerprint density at radius 3 is 2.32 bits per heavy atom. The van der Waals surface area contributed by atoms with Crippen molar-refractivity contribution >= 4 is 0 Å². The van der Waals surface area contributed by atoms with Gasteiger partial charge in [0.15, 0.2) is 0 Å². The molecule has 0 aliphatic heterocycles. The zero-order valence-corrected chi connectivity index (χ0v) is 17.5. The van der Waals surface area contributed by atoms with Crippen molar-refractivity contribution in [3.05, 3.63) is 101 Å². The first kappa shape index (κ1) is 22.6. The molecule has 31 heavy (non-hydrogen) atoms. The van der Waals surface area contributed by atoms with Crippen molar-refractivity contribution in [3.63, 3.8) is 0 Å². The van der Waals surface area contributed by atoms with E-state index in [1.807, 2.05) is 50.4 Å². The molecule has 2 N–H and O–H groups in total. The minimum atomic E-state index is -4.34. The third-order valence-electron chi connectivity index (χ3n) is 5.18. The van der Waals surface area contributed by atoms with Crippen molar-refractivity contribution in [2.24, 2.45) is 0 Å². The van der Waals surface area contributed by atoms with E-state index in [-0.39, 0.29) is 12.1 Å². The fourth-order valence-electron chi connectivity index (χ4n) is 3.43. The Bertz CT molecular complexity index is 981. The Morgan fingerprint density at radius 1 is 1.10 bits per heavy atom. The van der Waals surface area contributed by atoms with Gasteiger partial charge in [0.2, 0.25) is 0 Å². The molecule has 0 aliphatic rings. The number of nitrogens with one attached hydrogen (secondary N) is 2. The Morgan fingerprint density at radius 2 is 1.77 bits per heavy atom. The SMILES string of the molecule is C=C(NC)C(N[C@H](CCc1ccc(C(F)(F)F)cc1)c1cc(C)on1)c1ccccc1. The van der Waals surface area contributed by atoms with Crippen LogP contribution < -0.4 is 10.6 Å². The zero-order valence-electron chi connectivity index (χ0n) is 17.5. The molecule has 1 aromatic heterocycles. The minimum Gasteiger partial charge on any atom is -0.390 e. The van der Waals surface area contributed by atoms with E-state index in [2.05, 4.69) is 22.4 Å². The summed E-state index contributed by atoms with van der Waals surface area (Å²) in [4.78, 5) is 0. The third-order valence-corrected chi connectivity index (χ3v) is 5.18. The molecule has 0 saturated heterocycles. The number of nitrogens with zero attached hydrogens (tertiary/aromatic N) is 1. The highest BCUT2D eigenvalue weighted by atomic mass is 19.4. The van der Waals surface area contributed by atoms with Gasteiger partial charge in [-0.15, -0.1) is 0 Å². The van der Waals surface area contributed by atoms with E-state index in [4.69, 9.17) is 4.52 Å². The molecule has 0 fully saturated rings. The molecule has 2 atom stereocenters. The molecule has 1 heterocycles. The van der Waals surface area contributed by atoms with Crippen LogP contribution in [0, 0.1) is 6.92 Å². The van der Waals surface area contributed by atoms with Gasteiger partial charge in [-0.25, -0.2) is 0 Å². The van der Waals surface area contributed by atoms with E-state index < -0.39 is 11.7 Å². The first-order chi connectivity index (χ1) is 14.8. The van der Waals surface area contributed by atoms with E-state index in [0.717, 1.165) is 34.7 Å². The van der Waals surface area contributed by atoms with Crippen LogP contribution in [0.4, 0.5) is 13.2 Å². The number of aromatic nitrogens is 1. The van der Waals surface area contributed by atoms with Gasteiger partial charge >= 0.3 is 6.18 Å². The molecule has 7 heteroatoms. The second-order valence-corrected chi connectivity index (χ2v) is 7.43. The fourth-order valence-corrected chi connectivity index (χ4v) is 3.43. The highest BCUT2D eigenvalue weighted by Crippen LogP contribution is 2.30. The standard InChI is InChI=1S/C24H26F3N3O/c1-16-15-22(30-31-16)21(14-11-18-9-12-20(13-10-18)24(25,26)27)29-23(17(2)28-3)19-7-5-4-6-8-19/h4-10,12-13,15,21,23,28-29H,2,11,14H2,1,3H3/t21-,23?/m1/s1. The molecule has 0 saturated carbocycles. The summed E-state index contributed by atoms with van der Waals surface area (Å²) in [6, 6.07) is 16.7. The van der Waals surface area contributed by atoms with Crippen LogP contribution in [-0.4, -0.2) is 12.2 Å². The molecule has 0 radical (unpaired) electrons. The molecule has 0 aliphatic carbocycles. The maximum atomic E-state index is 12.8. The van der Waals surface area contributed by atoms with Crippen LogP contribution in [-0.2, 0) is 12.6 Å². The Hall–Kier alpha value is -3.06. The van der Waals surface area contributed by atoms with Crippen LogP contribution >= 0.6 is 0 Å². The van der Waals surface area contributed by atoms with Gasteiger partial charge in [-0.1, -0.05) is 54.2 Å². The van der Waals surface area contributed by atoms with Crippen LogP contribution in [0.2, 0.25) is 0 Å². The minimum absolute atomic E-state index is 0.180. The molecule has 0 amide bonds. The van der Waals surface area contributed by atoms with Crippen LogP contribution in [0.5, 0.6) is 0 Å². The fraction of sp³-hybridized carbons (Fsp3) is 0.292. The topological polar surface area (TPSA) is 50.1 Å². The number of rotatable bonds is 9. The lowest BCUT2D eigenvalue weighted by Gasteiger charge is -2.27. The molecular formula is C24H26F3N3O. The zero-order chi connectivity index (χ0) is 22.4. The number of alkyl halides is 3. The predicted molar refractivity (Wildman–Crippen MR) is 114 cm³/mol. The largest absolute Gasteiger partial charge is 0.416 e. The molecule has 164 valence electrons. The predicted octanol–water partition coefficient (Wildman–Crippen LogP) is 5.74. The summed E-state index contributed by atoms with van der Waals surface area (Å²) in [6.07, 6.45) is -3.13. The van der Waals surface area contributed by atoms with Gasteiger partial charge in [0.1, 0.15) is 11.5 Å². The van der Waals surface area contributed by atoms with Crippen LogP contribution in [0.15, 0.2) is 77.5 Å². The van der Waals surface area contributed by atoms with Gasteiger partial charge in [-0.05, 0) is 43.0 Å². The van der Waals surface area contributed by atoms with E-state index in [0.29, 0.717) is 18.6 Å². The van der Waals surface area contributed by atoms with Crippen molar-refractivity contribution in [2.45, 2.75) is 38.0 Å². The number of hydrogen-bond acceptors (Lipinski definition) is 4. The summed E-state index contributed by atoms with van der Waals surface area (Å²) in [5, 5.41) is 10.9. The van der Waals surface area contributed by atoms with Gasteiger partial charge in [0.25, 0.3) is 0 Å². The van der Waals surface area contributed by atoms with Crippen molar-refractivity contribution in [1.29, 1.82) is 0 Å². The van der Waals surface area contributed by atoms with Crippen molar-refractivity contribution in [2.75, 3.05) is 7.05 Å². The summed E-state index contributed by atoms with van der Waals surface area (Å²) in [5.41, 5.74) is 2.76. The highest BCUT2D eigenvalue weighted by molar-refractivity contribution is 5.28. The number of halogens is 3. The monoisotopic (exact) mass is 429 g/mol. The van der Waals surface area contributed by atoms with E-state index in [9.17, 15) is 13.2 Å². The second kappa shape index (κ2) is 9.83. The molecular weight excluding hydrogens is 403 g/mol. The van der Waals surface area contributed by atoms with Gasteiger partial charge in [0, 0.05) is 18.8 Å². The first-order valence-electron chi connectivity index (χ1n) is 10.0. The van der Waals surface area contributed by atoms with Crippen molar-refractivity contribution in [3.8, 4) is 0 Å². The second-order valence-electron chi connectivity index (χ2n) is 7.43. The van der Waals surface area contributed by atoms with E-state index in [1.54, 1.807) is 0 Å². The number of hydrogen-bond donors (Lipinski definition) is 2. The lowest BCUT2D eigenvalue weighted by molar-refractivity contribution is -0.137. The average molecular weight is 429 g/mol. The molecule has 3 rings (SSSR count). The average Bonchev–Trinajstić information content (AvgIpc) is 3.20. The van der Waals surface area contributed by atoms with Gasteiger partial charge < -0.3 is 9.84 Å². The Labute approximate surface area is 180 Å². The summed E-state index contributed by atoms with van der Waals surface area (Å²) >= 11 is 0. The van der Waals surface area contributed by atoms with Crippen LogP contribution in [0.25, 0.3) is 0 Å². The summed E-state index contributed by atoms with van der Waals surface area (Å²) in [6.45, 7) is 5.95. The maximum absolute atomic E-state index is 12.8. The summed E-state index contributed by atoms with van der Waals surface area (Å²) < 4.78 is 43.8. The third kappa shape index (κ3) is 5.98. The molecule has 1 unspecified atom stereocenters. The summed E-state index contributed by atoms with van der Waals surface area (Å²) in [5.74, 6) is 0.694. The molecule has 4 nitrogen and oxygen atoms in total. The molecule has 0 bridgehead atoms. The normalized spacial score (nSPS) is 13.6. The van der Waals surface area contributed by atoms with Gasteiger partial charge in [-0.3, -0.25) is 5.32 Å². The summed E-state index contributed by atoms with van der Waals surface area (Å²) in [7, 11) is 1.82. The van der Waals surface area contributed by atoms with Crippen molar-refractivity contribution < 1.29 is 17.7 Å². The highest BCUT2D eigenvalue weighted by Gasteiger charge is 2.30. The maximum Gasteiger partial charge on any atom is 0.416 e. The van der Waals surface area contributed by atoms with Gasteiger partial charge in [0.05, 0.1) is 17.6 Å². The number of likely N-dealkylation sites (N-methyl/N-ethyl adjacent to an activating group) is 1. The molecule has 2 aromatic carbocycles. The quantitative estimate of drug-likeness (QED) is 0.455. The molecule has 3 aromatic rings. The van der Waals surface area contributed by atoms with E-state index in [1.165, 1.54) is 12.1 Å². The van der Waals surface area contributed by atoms with Crippen LogP contribution in [0.1, 0.15) is 46.6 Å². The first-order valence-corrected chi connectivity index (χ1v) is 10.0.